The van der Waals surface area contributed by atoms with Gasteiger partial charge in [-0.05, 0) is 19.3 Å². The number of fused-ring (bicyclic) bond motifs is 1. The van der Waals surface area contributed by atoms with Crippen LogP contribution in [0, 0.1) is 0 Å². The number of nitrogens with one attached hydrogen (secondary N) is 1. The zero-order chi connectivity index (χ0) is 11.7. The van der Waals surface area contributed by atoms with Crippen LogP contribution in [0.2, 0.25) is 0 Å². The van der Waals surface area contributed by atoms with Crippen molar-refractivity contribution in [3.63, 3.8) is 0 Å². The van der Waals surface area contributed by atoms with Gasteiger partial charge in [0.25, 0.3) is 0 Å². The van der Waals surface area contributed by atoms with Gasteiger partial charge in [-0.15, -0.1) is 5.10 Å². The normalized spacial score (nSPS) is 24.1. The topological polar surface area (TPSA) is 63.8 Å². The summed E-state index contributed by atoms with van der Waals surface area (Å²) in [6.45, 7) is 0. The van der Waals surface area contributed by atoms with Crippen LogP contribution in [-0.2, 0) is 0 Å². The quantitative estimate of drug-likeness (QED) is 0.824. The van der Waals surface area contributed by atoms with Crippen molar-refractivity contribution >= 4 is 16.6 Å². The predicted octanol–water partition coefficient (Wildman–Crippen LogP) is 1.92. The van der Waals surface area contributed by atoms with Crippen LogP contribution in [0.5, 0.6) is 0 Å². The molecule has 2 atom stereocenters. The zero-order valence-electron chi connectivity index (χ0n) is 9.63. The molecule has 1 fully saturated rings. The van der Waals surface area contributed by atoms with E-state index in [1.54, 1.807) is 6.20 Å². The highest BCUT2D eigenvalue weighted by Crippen LogP contribution is 2.24. The highest BCUT2D eigenvalue weighted by Gasteiger charge is 2.24. The van der Waals surface area contributed by atoms with Gasteiger partial charge in [-0.25, -0.2) is 0 Å². The van der Waals surface area contributed by atoms with Crippen LogP contribution in [0.1, 0.15) is 19.3 Å². The summed E-state index contributed by atoms with van der Waals surface area (Å²) in [7, 11) is 0. The lowest BCUT2D eigenvalue weighted by atomic mass is 10.1. The van der Waals surface area contributed by atoms with Crippen molar-refractivity contribution in [1.82, 2.24) is 10.2 Å². The summed E-state index contributed by atoms with van der Waals surface area (Å²) >= 11 is 0. The smallest absolute Gasteiger partial charge is 0.156 e. The first-order valence-corrected chi connectivity index (χ1v) is 6.07. The van der Waals surface area contributed by atoms with Crippen LogP contribution in [0.15, 0.2) is 30.5 Å². The summed E-state index contributed by atoms with van der Waals surface area (Å²) in [6, 6.07) is 8.70. The number of nitrogens with two attached hydrogens (primary N) is 1. The third-order valence-electron chi connectivity index (χ3n) is 3.46. The molecule has 3 rings (SSSR count). The number of anilines is 1. The molecule has 0 bridgehead atoms. The molecule has 0 spiro atoms. The van der Waals surface area contributed by atoms with Crippen molar-refractivity contribution in [2.24, 2.45) is 5.73 Å². The molecule has 0 saturated heterocycles. The van der Waals surface area contributed by atoms with Gasteiger partial charge in [-0.1, -0.05) is 24.3 Å². The fourth-order valence-corrected chi connectivity index (χ4v) is 2.48. The monoisotopic (exact) mass is 228 g/mol. The summed E-state index contributed by atoms with van der Waals surface area (Å²) in [6.07, 6.45) is 5.19. The van der Waals surface area contributed by atoms with Crippen LogP contribution in [0.25, 0.3) is 10.8 Å². The van der Waals surface area contributed by atoms with E-state index in [1.807, 2.05) is 18.2 Å². The number of rotatable bonds is 2. The van der Waals surface area contributed by atoms with E-state index in [0.717, 1.165) is 29.4 Å². The highest BCUT2D eigenvalue weighted by atomic mass is 15.2. The Balaban J connectivity index is 1.94. The molecule has 4 heteroatoms. The first kappa shape index (κ1) is 10.5. The van der Waals surface area contributed by atoms with Gasteiger partial charge < -0.3 is 11.1 Å². The van der Waals surface area contributed by atoms with Crippen LogP contribution in [0.3, 0.4) is 0 Å². The van der Waals surface area contributed by atoms with E-state index >= 15 is 0 Å². The molecule has 0 radical (unpaired) electrons. The number of hydrogen-bond donors (Lipinski definition) is 2. The van der Waals surface area contributed by atoms with Gasteiger partial charge >= 0.3 is 0 Å². The first-order valence-electron chi connectivity index (χ1n) is 6.07. The van der Waals surface area contributed by atoms with Gasteiger partial charge in [0.1, 0.15) is 0 Å². The lowest BCUT2D eigenvalue weighted by Gasteiger charge is -2.18. The lowest BCUT2D eigenvalue weighted by molar-refractivity contribution is 0.635. The molecule has 0 amide bonds. The number of nitrogens with zero attached hydrogens (tertiary/aromatic N) is 2. The van der Waals surface area contributed by atoms with Crippen molar-refractivity contribution < 1.29 is 0 Å². The molecular weight excluding hydrogens is 212 g/mol. The summed E-state index contributed by atoms with van der Waals surface area (Å²) in [5.74, 6) is 0.852. The molecule has 2 aromatic rings. The van der Waals surface area contributed by atoms with Gasteiger partial charge in [-0.2, -0.15) is 5.10 Å². The Kier molecular flexibility index (Phi) is 2.65. The number of hydrogen-bond acceptors (Lipinski definition) is 4. The molecule has 17 heavy (non-hydrogen) atoms. The standard InChI is InChI=1S/C13H16N4/c14-11-6-3-7-12(11)16-13-10-5-2-1-4-9(10)8-15-17-13/h1-2,4-5,8,11-12H,3,6-7,14H2,(H,16,17). The summed E-state index contributed by atoms with van der Waals surface area (Å²) < 4.78 is 0. The second kappa shape index (κ2) is 4.30. The molecule has 4 nitrogen and oxygen atoms in total. The van der Waals surface area contributed by atoms with Crippen LogP contribution in [0.4, 0.5) is 5.82 Å². The fourth-order valence-electron chi connectivity index (χ4n) is 2.48. The van der Waals surface area contributed by atoms with Crippen molar-refractivity contribution in [3.8, 4) is 0 Å². The van der Waals surface area contributed by atoms with E-state index in [9.17, 15) is 0 Å². The summed E-state index contributed by atoms with van der Waals surface area (Å²) in [5, 5.41) is 13.9. The number of benzene rings is 1. The molecule has 2 unspecified atom stereocenters. The molecule has 1 aromatic carbocycles. The van der Waals surface area contributed by atoms with E-state index in [0.29, 0.717) is 6.04 Å². The van der Waals surface area contributed by atoms with E-state index in [2.05, 4.69) is 21.6 Å². The zero-order valence-corrected chi connectivity index (χ0v) is 9.63. The molecule has 1 aliphatic carbocycles. The Morgan fingerprint density at radius 3 is 2.94 bits per heavy atom. The third-order valence-corrected chi connectivity index (χ3v) is 3.46. The van der Waals surface area contributed by atoms with E-state index in [4.69, 9.17) is 5.73 Å². The average molecular weight is 228 g/mol. The Morgan fingerprint density at radius 1 is 1.24 bits per heavy atom. The maximum absolute atomic E-state index is 6.06. The molecule has 3 N–H and O–H groups in total. The third kappa shape index (κ3) is 1.96. The van der Waals surface area contributed by atoms with Crippen molar-refractivity contribution in [1.29, 1.82) is 0 Å². The Labute approximate surface area is 100 Å². The Hall–Kier alpha value is -1.68. The van der Waals surface area contributed by atoms with Crippen LogP contribution < -0.4 is 11.1 Å². The molecule has 1 aromatic heterocycles. The summed E-state index contributed by atoms with van der Waals surface area (Å²) in [4.78, 5) is 0. The van der Waals surface area contributed by atoms with E-state index in [1.165, 1.54) is 6.42 Å². The van der Waals surface area contributed by atoms with Gasteiger partial charge in [0.2, 0.25) is 0 Å². The van der Waals surface area contributed by atoms with E-state index < -0.39 is 0 Å². The second-order valence-electron chi connectivity index (χ2n) is 4.63. The van der Waals surface area contributed by atoms with Crippen molar-refractivity contribution in [2.45, 2.75) is 31.3 Å². The SMILES string of the molecule is NC1CCCC1Nc1nncc2ccccc12. The highest BCUT2D eigenvalue weighted by molar-refractivity contribution is 5.90. The minimum atomic E-state index is 0.232. The Morgan fingerprint density at radius 2 is 2.12 bits per heavy atom. The first-order chi connectivity index (χ1) is 8.34. The molecule has 1 aliphatic rings. The van der Waals surface area contributed by atoms with E-state index in [-0.39, 0.29) is 6.04 Å². The minimum absolute atomic E-state index is 0.232. The fraction of sp³-hybridized carbons (Fsp3) is 0.385. The van der Waals surface area contributed by atoms with Crippen molar-refractivity contribution in [2.75, 3.05) is 5.32 Å². The number of aromatic nitrogens is 2. The molecule has 88 valence electrons. The summed E-state index contributed by atoms with van der Waals surface area (Å²) in [5.41, 5.74) is 6.06. The average Bonchev–Trinajstić information content (AvgIpc) is 2.76. The Bertz CT molecular complexity index is 520. The van der Waals surface area contributed by atoms with Crippen LogP contribution in [-0.4, -0.2) is 22.3 Å². The van der Waals surface area contributed by atoms with Gasteiger partial charge in [-0.3, -0.25) is 0 Å². The molecule has 1 saturated carbocycles. The van der Waals surface area contributed by atoms with Gasteiger partial charge in [0.15, 0.2) is 5.82 Å². The lowest BCUT2D eigenvalue weighted by Crippen LogP contribution is -2.35. The van der Waals surface area contributed by atoms with Crippen LogP contribution >= 0.6 is 0 Å². The molecular formula is C13H16N4. The second-order valence-corrected chi connectivity index (χ2v) is 4.63. The predicted molar refractivity (Wildman–Crippen MR) is 68.8 cm³/mol. The van der Waals surface area contributed by atoms with Crippen molar-refractivity contribution in [3.05, 3.63) is 30.5 Å². The molecule has 0 aliphatic heterocycles. The van der Waals surface area contributed by atoms with Gasteiger partial charge in [0.05, 0.1) is 6.20 Å². The maximum atomic E-state index is 6.06. The van der Waals surface area contributed by atoms with Gasteiger partial charge in [0, 0.05) is 22.9 Å². The molecule has 1 heterocycles. The maximum Gasteiger partial charge on any atom is 0.156 e. The largest absolute Gasteiger partial charge is 0.364 e. The minimum Gasteiger partial charge on any atom is -0.364 e.